The number of amides is 1. The van der Waals surface area contributed by atoms with Crippen LogP contribution in [-0.2, 0) is 11.3 Å². The van der Waals surface area contributed by atoms with Crippen LogP contribution in [0.15, 0.2) is 129 Å². The SMILES string of the molecule is COC(=O)c1c(-c2ccccc2)c2cc(Br)ccc2c(=O)n1Cc1ccc(C(=O)Nc2nccc(-c3c(-c4ccccc4)noc3C)n2)cc1. The average molecular weight is 727 g/mol. The van der Waals surface area contributed by atoms with Crippen LogP contribution in [0.4, 0.5) is 5.95 Å². The molecule has 1 amide bonds. The molecule has 0 atom stereocenters. The molecule has 0 fully saturated rings. The molecule has 7 rings (SSSR count). The van der Waals surface area contributed by atoms with Gasteiger partial charge >= 0.3 is 5.97 Å². The average Bonchev–Trinajstić information content (AvgIpc) is 3.54. The summed E-state index contributed by atoms with van der Waals surface area (Å²) in [4.78, 5) is 49.4. The summed E-state index contributed by atoms with van der Waals surface area (Å²) in [6, 6.07) is 32.9. The first-order valence-electron chi connectivity index (χ1n) is 15.6. The number of carbonyl (C=O) groups is 2. The molecular formula is C39H28BrN5O5. The lowest BCUT2D eigenvalue weighted by Gasteiger charge is -2.19. The summed E-state index contributed by atoms with van der Waals surface area (Å²) in [6.07, 6.45) is 1.56. The van der Waals surface area contributed by atoms with Crippen LogP contribution in [0.2, 0.25) is 0 Å². The Morgan fingerprint density at radius 3 is 2.26 bits per heavy atom. The van der Waals surface area contributed by atoms with Crippen molar-refractivity contribution < 1.29 is 18.8 Å². The predicted molar refractivity (Wildman–Crippen MR) is 194 cm³/mol. The van der Waals surface area contributed by atoms with Gasteiger partial charge in [-0.2, -0.15) is 0 Å². The molecule has 0 spiro atoms. The Labute approximate surface area is 294 Å². The van der Waals surface area contributed by atoms with Crippen LogP contribution >= 0.6 is 15.9 Å². The Kier molecular flexibility index (Phi) is 8.88. The van der Waals surface area contributed by atoms with Crippen molar-refractivity contribution in [2.45, 2.75) is 13.5 Å². The lowest BCUT2D eigenvalue weighted by molar-refractivity contribution is 0.0588. The molecule has 1 N–H and O–H groups in total. The summed E-state index contributed by atoms with van der Waals surface area (Å²) < 4.78 is 12.9. The summed E-state index contributed by atoms with van der Waals surface area (Å²) in [6.45, 7) is 1.86. The summed E-state index contributed by atoms with van der Waals surface area (Å²) >= 11 is 3.51. The van der Waals surface area contributed by atoms with Crippen molar-refractivity contribution in [1.82, 2.24) is 19.7 Å². The Bertz CT molecular complexity index is 2440. The van der Waals surface area contributed by atoms with Gasteiger partial charge in [0.05, 0.1) is 24.9 Å². The van der Waals surface area contributed by atoms with E-state index in [1.54, 1.807) is 55.6 Å². The van der Waals surface area contributed by atoms with E-state index in [0.29, 0.717) is 50.2 Å². The van der Waals surface area contributed by atoms with Gasteiger partial charge in [-0.1, -0.05) is 93.9 Å². The van der Waals surface area contributed by atoms with E-state index in [0.717, 1.165) is 15.6 Å². The minimum Gasteiger partial charge on any atom is -0.464 e. The van der Waals surface area contributed by atoms with Crippen LogP contribution < -0.4 is 10.9 Å². The summed E-state index contributed by atoms with van der Waals surface area (Å²) in [5.41, 5.74) is 4.95. The highest BCUT2D eigenvalue weighted by Crippen LogP contribution is 2.34. The zero-order valence-electron chi connectivity index (χ0n) is 26.9. The van der Waals surface area contributed by atoms with Gasteiger partial charge in [0.15, 0.2) is 0 Å². The van der Waals surface area contributed by atoms with Gasteiger partial charge in [-0.05, 0) is 59.8 Å². The largest absolute Gasteiger partial charge is 0.464 e. The normalized spacial score (nSPS) is 11.0. The lowest BCUT2D eigenvalue weighted by atomic mass is 9.96. The zero-order valence-corrected chi connectivity index (χ0v) is 28.5. The maximum absolute atomic E-state index is 13.9. The predicted octanol–water partition coefficient (Wildman–Crippen LogP) is 7.94. The highest BCUT2D eigenvalue weighted by Gasteiger charge is 2.25. The quantitative estimate of drug-likeness (QED) is 0.156. The summed E-state index contributed by atoms with van der Waals surface area (Å²) in [5.74, 6) is -0.366. The maximum atomic E-state index is 13.9. The van der Waals surface area contributed by atoms with Crippen LogP contribution in [0.25, 0.3) is 44.4 Å². The Morgan fingerprint density at radius 2 is 1.56 bits per heavy atom. The lowest BCUT2D eigenvalue weighted by Crippen LogP contribution is -2.28. The van der Waals surface area contributed by atoms with Crippen molar-refractivity contribution >= 4 is 44.5 Å². The maximum Gasteiger partial charge on any atom is 0.355 e. The zero-order chi connectivity index (χ0) is 34.8. The first kappa shape index (κ1) is 32.4. The molecule has 10 nitrogen and oxygen atoms in total. The van der Waals surface area contributed by atoms with Crippen LogP contribution in [0.1, 0.15) is 32.2 Å². The Balaban J connectivity index is 1.19. The third kappa shape index (κ3) is 6.22. The van der Waals surface area contributed by atoms with Crippen molar-refractivity contribution in [3.63, 3.8) is 0 Å². The number of carbonyl (C=O) groups excluding carboxylic acids is 2. The number of methoxy groups -OCH3 is 1. The number of aryl methyl sites for hydroxylation is 1. The number of fused-ring (bicyclic) bond motifs is 1. The molecule has 7 aromatic rings. The van der Waals surface area contributed by atoms with Crippen molar-refractivity contribution in [1.29, 1.82) is 0 Å². The fraction of sp³-hybridized carbons (Fsp3) is 0.0769. The summed E-state index contributed by atoms with van der Waals surface area (Å²) in [5, 5.41) is 8.08. The van der Waals surface area contributed by atoms with E-state index in [9.17, 15) is 14.4 Å². The second-order valence-electron chi connectivity index (χ2n) is 11.4. The molecular weight excluding hydrogens is 698 g/mol. The number of nitrogens with zero attached hydrogens (tertiary/aromatic N) is 4. The smallest absolute Gasteiger partial charge is 0.355 e. The fourth-order valence-corrected chi connectivity index (χ4v) is 6.28. The molecule has 11 heteroatoms. The van der Waals surface area contributed by atoms with Gasteiger partial charge in [0.25, 0.3) is 11.5 Å². The number of esters is 1. The summed E-state index contributed by atoms with van der Waals surface area (Å²) in [7, 11) is 1.29. The number of nitrogens with one attached hydrogen (secondary N) is 1. The first-order chi connectivity index (χ1) is 24.3. The fourth-order valence-electron chi connectivity index (χ4n) is 5.92. The monoisotopic (exact) mass is 725 g/mol. The van der Waals surface area contributed by atoms with Crippen molar-refractivity contribution in [2.24, 2.45) is 0 Å². The topological polar surface area (TPSA) is 129 Å². The van der Waals surface area contributed by atoms with Crippen LogP contribution in [0.3, 0.4) is 0 Å². The number of hydrogen-bond acceptors (Lipinski definition) is 8. The van der Waals surface area contributed by atoms with E-state index in [-0.39, 0.29) is 23.7 Å². The standard InChI is InChI=1S/C39H28BrN5O5/c1-23-32(34(44-50-23)26-11-7-4-8-12-26)31-19-20-41-39(42-31)43-36(46)27-15-13-24(14-16-27)22-45-35(38(48)49-2)33(25-9-5-3-6-10-25)30-21-28(40)17-18-29(30)37(45)47/h3-21H,22H2,1-2H3,(H,41,42,43,46). The van der Waals surface area contributed by atoms with Gasteiger partial charge < -0.3 is 9.26 Å². The van der Waals surface area contributed by atoms with Gasteiger partial charge in [0.1, 0.15) is 17.1 Å². The molecule has 0 unspecified atom stereocenters. The third-order valence-corrected chi connectivity index (χ3v) is 8.77. The molecule has 4 aromatic carbocycles. The number of halogens is 1. The van der Waals surface area contributed by atoms with Crippen molar-refractivity contribution in [2.75, 3.05) is 12.4 Å². The minimum absolute atomic E-state index is 0.0595. The number of anilines is 1. The molecule has 0 aliphatic carbocycles. The van der Waals surface area contributed by atoms with Gasteiger partial charge in [-0.25, -0.2) is 14.8 Å². The number of rotatable bonds is 8. The van der Waals surface area contributed by atoms with E-state index in [4.69, 9.17) is 9.26 Å². The third-order valence-electron chi connectivity index (χ3n) is 8.28. The molecule has 0 aliphatic rings. The molecule has 0 saturated carbocycles. The van der Waals surface area contributed by atoms with E-state index >= 15 is 0 Å². The van der Waals surface area contributed by atoms with E-state index in [1.165, 1.54) is 11.7 Å². The molecule has 246 valence electrons. The van der Waals surface area contributed by atoms with Gasteiger partial charge in [0.2, 0.25) is 5.95 Å². The molecule has 0 saturated heterocycles. The Hall–Kier alpha value is -6.20. The van der Waals surface area contributed by atoms with E-state index in [2.05, 4.69) is 36.4 Å². The Morgan fingerprint density at radius 1 is 0.860 bits per heavy atom. The number of pyridine rings is 1. The second-order valence-corrected chi connectivity index (χ2v) is 12.3. The first-order valence-corrected chi connectivity index (χ1v) is 16.4. The number of benzene rings is 4. The molecule has 0 bridgehead atoms. The molecule has 50 heavy (non-hydrogen) atoms. The van der Waals surface area contributed by atoms with Gasteiger partial charge in [-0.15, -0.1) is 0 Å². The second kappa shape index (κ2) is 13.7. The number of ether oxygens (including phenoxy) is 1. The number of aromatic nitrogens is 4. The number of hydrogen-bond donors (Lipinski definition) is 1. The molecule has 0 aliphatic heterocycles. The van der Waals surface area contributed by atoms with Crippen molar-refractivity contribution in [3.8, 4) is 33.6 Å². The van der Waals surface area contributed by atoms with E-state index < -0.39 is 11.9 Å². The van der Waals surface area contributed by atoms with Gasteiger partial charge in [-0.3, -0.25) is 19.5 Å². The van der Waals surface area contributed by atoms with Crippen LogP contribution in [0, 0.1) is 6.92 Å². The highest BCUT2D eigenvalue weighted by atomic mass is 79.9. The molecule has 0 radical (unpaired) electrons. The molecule has 3 aromatic heterocycles. The van der Waals surface area contributed by atoms with Crippen LogP contribution in [0.5, 0.6) is 0 Å². The minimum atomic E-state index is -0.640. The van der Waals surface area contributed by atoms with Gasteiger partial charge in [0, 0.05) is 32.7 Å². The molecule has 3 heterocycles. The van der Waals surface area contributed by atoms with Crippen molar-refractivity contribution in [3.05, 3.63) is 153 Å². The van der Waals surface area contributed by atoms with E-state index in [1.807, 2.05) is 66.7 Å². The highest BCUT2D eigenvalue weighted by molar-refractivity contribution is 9.10. The van der Waals surface area contributed by atoms with Crippen LogP contribution in [-0.4, -0.2) is 38.7 Å².